The SMILES string of the molecule is Cc1ccc(C(C)NC(=O)c2ccc(-c3ccccc3F)s2)o1. The lowest BCUT2D eigenvalue weighted by Gasteiger charge is -2.10. The van der Waals surface area contributed by atoms with Gasteiger partial charge in [0, 0.05) is 10.4 Å². The number of aryl methyl sites for hydroxylation is 1. The molecular weight excluding hydrogens is 313 g/mol. The monoisotopic (exact) mass is 329 g/mol. The summed E-state index contributed by atoms with van der Waals surface area (Å²) >= 11 is 1.27. The molecule has 0 radical (unpaired) electrons. The molecule has 0 spiro atoms. The average molecular weight is 329 g/mol. The summed E-state index contributed by atoms with van der Waals surface area (Å²) < 4.78 is 19.3. The average Bonchev–Trinajstić information content (AvgIpc) is 3.16. The van der Waals surface area contributed by atoms with Crippen molar-refractivity contribution < 1.29 is 13.6 Å². The van der Waals surface area contributed by atoms with Gasteiger partial charge in [0.05, 0.1) is 10.9 Å². The van der Waals surface area contributed by atoms with E-state index in [-0.39, 0.29) is 17.8 Å². The third-order valence-corrected chi connectivity index (χ3v) is 4.62. The van der Waals surface area contributed by atoms with Crippen LogP contribution in [0.5, 0.6) is 0 Å². The van der Waals surface area contributed by atoms with Crippen molar-refractivity contribution in [2.24, 2.45) is 0 Å². The number of hydrogen-bond donors (Lipinski definition) is 1. The smallest absolute Gasteiger partial charge is 0.261 e. The van der Waals surface area contributed by atoms with Gasteiger partial charge in [0.15, 0.2) is 0 Å². The lowest BCUT2D eigenvalue weighted by atomic mass is 10.2. The van der Waals surface area contributed by atoms with E-state index >= 15 is 0 Å². The molecule has 118 valence electrons. The third kappa shape index (κ3) is 3.35. The molecule has 1 atom stereocenters. The van der Waals surface area contributed by atoms with Gasteiger partial charge in [-0.05, 0) is 44.2 Å². The molecule has 1 amide bonds. The molecule has 2 aromatic heterocycles. The zero-order chi connectivity index (χ0) is 16.4. The highest BCUT2D eigenvalue weighted by molar-refractivity contribution is 7.17. The first-order chi connectivity index (χ1) is 11.0. The number of halogens is 1. The minimum atomic E-state index is -0.291. The van der Waals surface area contributed by atoms with Gasteiger partial charge < -0.3 is 9.73 Å². The fraction of sp³-hybridized carbons (Fsp3) is 0.167. The second-order valence-corrected chi connectivity index (χ2v) is 6.37. The van der Waals surface area contributed by atoms with Gasteiger partial charge in [-0.15, -0.1) is 11.3 Å². The molecule has 0 aliphatic rings. The van der Waals surface area contributed by atoms with Crippen LogP contribution in [0.2, 0.25) is 0 Å². The van der Waals surface area contributed by atoms with Gasteiger partial charge in [-0.3, -0.25) is 4.79 Å². The number of thiophene rings is 1. The number of rotatable bonds is 4. The maximum atomic E-state index is 13.8. The number of benzene rings is 1. The second kappa shape index (κ2) is 6.38. The Balaban J connectivity index is 1.75. The molecule has 0 bridgehead atoms. The highest BCUT2D eigenvalue weighted by atomic mass is 32.1. The Bertz CT molecular complexity index is 837. The quantitative estimate of drug-likeness (QED) is 0.736. The molecule has 1 aromatic carbocycles. The van der Waals surface area contributed by atoms with Crippen molar-refractivity contribution in [1.29, 1.82) is 0 Å². The Morgan fingerprint density at radius 3 is 2.65 bits per heavy atom. The van der Waals surface area contributed by atoms with Crippen LogP contribution in [-0.2, 0) is 0 Å². The van der Waals surface area contributed by atoms with Crippen LogP contribution in [0, 0.1) is 12.7 Å². The molecule has 0 saturated heterocycles. The van der Waals surface area contributed by atoms with E-state index in [9.17, 15) is 9.18 Å². The topological polar surface area (TPSA) is 42.2 Å². The molecule has 1 unspecified atom stereocenters. The summed E-state index contributed by atoms with van der Waals surface area (Å²) in [5, 5.41) is 2.89. The van der Waals surface area contributed by atoms with Crippen molar-refractivity contribution in [3.8, 4) is 10.4 Å². The summed E-state index contributed by atoms with van der Waals surface area (Å²) in [5.74, 6) is 1.03. The molecule has 23 heavy (non-hydrogen) atoms. The van der Waals surface area contributed by atoms with Gasteiger partial charge in [-0.1, -0.05) is 18.2 Å². The zero-order valence-electron chi connectivity index (χ0n) is 12.8. The van der Waals surface area contributed by atoms with Gasteiger partial charge in [0.1, 0.15) is 17.3 Å². The molecule has 3 aromatic rings. The zero-order valence-corrected chi connectivity index (χ0v) is 13.6. The fourth-order valence-corrected chi connectivity index (χ4v) is 3.23. The largest absolute Gasteiger partial charge is 0.464 e. The van der Waals surface area contributed by atoms with E-state index < -0.39 is 0 Å². The van der Waals surface area contributed by atoms with Crippen molar-refractivity contribution in [2.75, 3.05) is 0 Å². The highest BCUT2D eigenvalue weighted by Crippen LogP contribution is 2.30. The molecule has 0 aliphatic heterocycles. The van der Waals surface area contributed by atoms with Gasteiger partial charge in [-0.2, -0.15) is 0 Å². The lowest BCUT2D eigenvalue weighted by molar-refractivity contribution is 0.0939. The molecule has 0 aliphatic carbocycles. The molecule has 2 heterocycles. The number of nitrogens with one attached hydrogen (secondary N) is 1. The van der Waals surface area contributed by atoms with E-state index in [4.69, 9.17) is 4.42 Å². The van der Waals surface area contributed by atoms with Crippen LogP contribution in [0.15, 0.2) is 52.9 Å². The summed E-state index contributed by atoms with van der Waals surface area (Å²) in [6, 6.07) is 13.5. The first kappa shape index (κ1) is 15.5. The van der Waals surface area contributed by atoms with Crippen molar-refractivity contribution >= 4 is 17.2 Å². The summed E-state index contributed by atoms with van der Waals surface area (Å²) in [5.41, 5.74) is 0.506. The Kier molecular flexibility index (Phi) is 4.30. The number of amides is 1. The van der Waals surface area contributed by atoms with E-state index in [2.05, 4.69) is 5.32 Å². The Morgan fingerprint density at radius 2 is 1.96 bits per heavy atom. The predicted octanol–water partition coefficient (Wildman–Crippen LogP) is 4.95. The first-order valence-corrected chi connectivity index (χ1v) is 8.08. The number of furan rings is 1. The van der Waals surface area contributed by atoms with Gasteiger partial charge >= 0.3 is 0 Å². The molecule has 5 heteroatoms. The van der Waals surface area contributed by atoms with E-state index in [0.717, 1.165) is 10.6 Å². The maximum absolute atomic E-state index is 13.8. The van der Waals surface area contributed by atoms with E-state index in [1.54, 1.807) is 30.3 Å². The van der Waals surface area contributed by atoms with E-state index in [0.29, 0.717) is 16.2 Å². The van der Waals surface area contributed by atoms with Gasteiger partial charge in [0.25, 0.3) is 5.91 Å². The molecule has 0 fully saturated rings. The fourth-order valence-electron chi connectivity index (χ4n) is 2.29. The van der Waals surface area contributed by atoms with Gasteiger partial charge in [-0.25, -0.2) is 4.39 Å². The van der Waals surface area contributed by atoms with Crippen LogP contribution in [0.1, 0.15) is 34.2 Å². The number of carbonyl (C=O) groups is 1. The van der Waals surface area contributed by atoms with Crippen LogP contribution in [-0.4, -0.2) is 5.91 Å². The summed E-state index contributed by atoms with van der Waals surface area (Å²) in [6.07, 6.45) is 0. The molecule has 3 nitrogen and oxygen atoms in total. The van der Waals surface area contributed by atoms with Crippen molar-refractivity contribution in [1.82, 2.24) is 5.32 Å². The Hall–Kier alpha value is -2.40. The number of carbonyl (C=O) groups excluding carboxylic acids is 1. The third-order valence-electron chi connectivity index (χ3n) is 3.50. The molecular formula is C18H16FNO2S. The van der Waals surface area contributed by atoms with Crippen LogP contribution < -0.4 is 5.32 Å². The highest BCUT2D eigenvalue weighted by Gasteiger charge is 2.16. The molecule has 3 rings (SSSR count). The predicted molar refractivity (Wildman–Crippen MR) is 89.0 cm³/mol. The normalized spacial score (nSPS) is 12.1. The summed E-state index contributed by atoms with van der Waals surface area (Å²) in [7, 11) is 0. The van der Waals surface area contributed by atoms with Crippen molar-refractivity contribution in [3.63, 3.8) is 0 Å². The standard InChI is InChI=1S/C18H16FNO2S/c1-11-7-8-15(22-11)12(2)20-18(21)17-10-9-16(23-17)13-5-3-4-6-14(13)19/h3-10,12H,1-2H3,(H,20,21). The van der Waals surface area contributed by atoms with E-state index in [1.807, 2.05) is 26.0 Å². The van der Waals surface area contributed by atoms with Crippen molar-refractivity contribution in [2.45, 2.75) is 19.9 Å². The van der Waals surface area contributed by atoms with Crippen LogP contribution in [0.25, 0.3) is 10.4 Å². The minimum absolute atomic E-state index is 0.195. The number of hydrogen-bond acceptors (Lipinski definition) is 3. The molecule has 1 N–H and O–H groups in total. The summed E-state index contributed by atoms with van der Waals surface area (Å²) in [6.45, 7) is 3.72. The van der Waals surface area contributed by atoms with Crippen LogP contribution in [0.3, 0.4) is 0 Å². The Labute approximate surface area is 137 Å². The lowest BCUT2D eigenvalue weighted by Crippen LogP contribution is -2.25. The molecule has 0 saturated carbocycles. The first-order valence-electron chi connectivity index (χ1n) is 7.26. The Morgan fingerprint density at radius 1 is 1.17 bits per heavy atom. The minimum Gasteiger partial charge on any atom is -0.464 e. The second-order valence-electron chi connectivity index (χ2n) is 5.29. The summed E-state index contributed by atoms with van der Waals surface area (Å²) in [4.78, 5) is 13.6. The maximum Gasteiger partial charge on any atom is 0.261 e. The van der Waals surface area contributed by atoms with Gasteiger partial charge in [0.2, 0.25) is 0 Å². The van der Waals surface area contributed by atoms with E-state index in [1.165, 1.54) is 17.4 Å². The van der Waals surface area contributed by atoms with Crippen molar-refractivity contribution in [3.05, 3.63) is 70.7 Å². The van der Waals surface area contributed by atoms with Crippen LogP contribution >= 0.6 is 11.3 Å². The van der Waals surface area contributed by atoms with Crippen LogP contribution in [0.4, 0.5) is 4.39 Å².